The van der Waals surface area contributed by atoms with Crippen LogP contribution in [0.4, 0.5) is 13.2 Å². The van der Waals surface area contributed by atoms with E-state index in [9.17, 15) is 18.0 Å². The van der Waals surface area contributed by atoms with Crippen LogP contribution in [-0.2, 0) is 17.4 Å². The average molecular weight is 367 g/mol. The predicted molar refractivity (Wildman–Crippen MR) is 91.4 cm³/mol. The van der Waals surface area contributed by atoms with Crippen molar-refractivity contribution in [2.75, 3.05) is 20.3 Å². The molecule has 0 saturated carbocycles. The maximum absolute atomic E-state index is 12.5. The Morgan fingerprint density at radius 2 is 1.77 bits per heavy atom. The van der Waals surface area contributed by atoms with E-state index < -0.39 is 11.7 Å². The summed E-state index contributed by atoms with van der Waals surface area (Å²) in [6, 6.07) is 10.3. The monoisotopic (exact) mass is 367 g/mol. The zero-order valence-electron chi connectivity index (χ0n) is 14.5. The third-order valence-electron chi connectivity index (χ3n) is 3.70. The van der Waals surface area contributed by atoms with Gasteiger partial charge in [-0.3, -0.25) is 4.79 Å². The second kappa shape index (κ2) is 8.60. The highest BCUT2D eigenvalue weighted by molar-refractivity contribution is 5.77. The van der Waals surface area contributed by atoms with E-state index in [-0.39, 0.29) is 12.5 Å². The number of amides is 1. The van der Waals surface area contributed by atoms with Gasteiger partial charge in [0.2, 0.25) is 0 Å². The molecule has 0 aliphatic rings. The number of hydrogen-bond donors (Lipinski definition) is 1. The van der Waals surface area contributed by atoms with Gasteiger partial charge in [-0.25, -0.2) is 0 Å². The van der Waals surface area contributed by atoms with Crippen LogP contribution in [0.5, 0.6) is 11.5 Å². The number of halogens is 3. The number of benzene rings is 2. The lowest BCUT2D eigenvalue weighted by Gasteiger charge is -2.11. The van der Waals surface area contributed by atoms with Gasteiger partial charge in [0.15, 0.2) is 18.1 Å². The Balaban J connectivity index is 1.77. The molecule has 0 unspecified atom stereocenters. The van der Waals surface area contributed by atoms with Crippen molar-refractivity contribution in [2.24, 2.45) is 0 Å². The first-order valence-corrected chi connectivity index (χ1v) is 8.00. The van der Waals surface area contributed by atoms with Crippen molar-refractivity contribution in [1.29, 1.82) is 0 Å². The van der Waals surface area contributed by atoms with Crippen LogP contribution in [0.25, 0.3) is 0 Å². The van der Waals surface area contributed by atoms with Crippen molar-refractivity contribution in [3.63, 3.8) is 0 Å². The molecule has 0 radical (unpaired) electrons. The number of alkyl halides is 3. The number of methoxy groups -OCH3 is 1. The van der Waals surface area contributed by atoms with E-state index in [0.717, 1.165) is 17.7 Å². The van der Waals surface area contributed by atoms with Crippen LogP contribution >= 0.6 is 0 Å². The van der Waals surface area contributed by atoms with Gasteiger partial charge in [0.05, 0.1) is 12.7 Å². The van der Waals surface area contributed by atoms with Crippen molar-refractivity contribution in [3.8, 4) is 11.5 Å². The van der Waals surface area contributed by atoms with E-state index in [0.29, 0.717) is 30.0 Å². The lowest BCUT2D eigenvalue weighted by atomic mass is 10.1. The molecule has 0 bridgehead atoms. The summed E-state index contributed by atoms with van der Waals surface area (Å²) in [5.41, 5.74) is 1.03. The Kier molecular flexibility index (Phi) is 6.49. The van der Waals surface area contributed by atoms with Crippen LogP contribution in [0, 0.1) is 6.92 Å². The number of rotatable bonds is 7. The number of carbonyl (C=O) groups excluding carboxylic acids is 1. The summed E-state index contributed by atoms with van der Waals surface area (Å²) in [7, 11) is 1.52. The third kappa shape index (κ3) is 5.68. The van der Waals surface area contributed by atoms with Gasteiger partial charge in [0.25, 0.3) is 5.91 Å². The molecule has 0 aliphatic heterocycles. The van der Waals surface area contributed by atoms with Crippen molar-refractivity contribution in [3.05, 3.63) is 59.2 Å². The van der Waals surface area contributed by atoms with Crippen LogP contribution in [-0.4, -0.2) is 26.2 Å². The summed E-state index contributed by atoms with van der Waals surface area (Å²) in [6.45, 7) is 2.05. The van der Waals surface area contributed by atoms with E-state index in [1.54, 1.807) is 12.1 Å². The maximum Gasteiger partial charge on any atom is 0.416 e. The summed E-state index contributed by atoms with van der Waals surface area (Å²) in [5, 5.41) is 2.67. The lowest BCUT2D eigenvalue weighted by molar-refractivity contribution is -0.137. The molecule has 26 heavy (non-hydrogen) atoms. The van der Waals surface area contributed by atoms with Gasteiger partial charge in [0, 0.05) is 6.54 Å². The summed E-state index contributed by atoms with van der Waals surface area (Å²) in [4.78, 5) is 11.8. The largest absolute Gasteiger partial charge is 0.493 e. The number of nitrogens with one attached hydrogen (secondary N) is 1. The molecule has 2 rings (SSSR count). The smallest absolute Gasteiger partial charge is 0.416 e. The molecule has 7 heteroatoms. The predicted octanol–water partition coefficient (Wildman–Crippen LogP) is 3.76. The zero-order chi connectivity index (χ0) is 19.2. The molecule has 0 spiro atoms. The van der Waals surface area contributed by atoms with Crippen LogP contribution in [0.15, 0.2) is 42.5 Å². The SMILES string of the molecule is COc1cc(C)ccc1OCC(=O)NCCc1ccc(C(F)(F)F)cc1. The maximum atomic E-state index is 12.5. The minimum Gasteiger partial charge on any atom is -0.493 e. The van der Waals surface area contributed by atoms with Crippen molar-refractivity contribution in [1.82, 2.24) is 5.32 Å². The molecule has 2 aromatic rings. The third-order valence-corrected chi connectivity index (χ3v) is 3.70. The molecule has 0 atom stereocenters. The number of hydrogen-bond acceptors (Lipinski definition) is 3. The topological polar surface area (TPSA) is 47.6 Å². The highest BCUT2D eigenvalue weighted by Gasteiger charge is 2.29. The molecule has 1 amide bonds. The Morgan fingerprint density at radius 3 is 2.38 bits per heavy atom. The molecule has 1 N–H and O–H groups in total. The first-order chi connectivity index (χ1) is 12.3. The van der Waals surface area contributed by atoms with Crippen LogP contribution in [0.2, 0.25) is 0 Å². The van der Waals surface area contributed by atoms with E-state index in [4.69, 9.17) is 9.47 Å². The summed E-state index contributed by atoms with van der Waals surface area (Å²) in [5.74, 6) is 0.693. The van der Waals surface area contributed by atoms with Gasteiger partial charge in [-0.2, -0.15) is 13.2 Å². The fourth-order valence-electron chi connectivity index (χ4n) is 2.30. The lowest BCUT2D eigenvalue weighted by Crippen LogP contribution is -2.30. The van der Waals surface area contributed by atoms with Gasteiger partial charge in [0.1, 0.15) is 0 Å². The average Bonchev–Trinajstić information content (AvgIpc) is 2.60. The molecular formula is C19H20F3NO3. The van der Waals surface area contributed by atoms with Crippen LogP contribution in [0.1, 0.15) is 16.7 Å². The Labute approximate surface area is 149 Å². The zero-order valence-corrected chi connectivity index (χ0v) is 14.5. The number of aryl methyl sites for hydroxylation is 1. The molecule has 0 aliphatic carbocycles. The summed E-state index contributed by atoms with van der Waals surface area (Å²) < 4.78 is 48.1. The molecule has 140 valence electrons. The fourth-order valence-corrected chi connectivity index (χ4v) is 2.30. The van der Waals surface area contributed by atoms with Gasteiger partial charge in [-0.05, 0) is 48.7 Å². The molecule has 0 saturated heterocycles. The molecule has 0 aromatic heterocycles. The van der Waals surface area contributed by atoms with Crippen molar-refractivity contribution in [2.45, 2.75) is 19.5 Å². The standard InChI is InChI=1S/C19H20F3NO3/c1-13-3-8-16(17(11-13)25-2)26-12-18(24)23-10-9-14-4-6-15(7-5-14)19(20,21)22/h3-8,11H,9-10,12H2,1-2H3,(H,23,24). The van der Waals surface area contributed by atoms with E-state index in [1.165, 1.54) is 19.2 Å². The van der Waals surface area contributed by atoms with Gasteiger partial charge >= 0.3 is 6.18 Å². The second-order valence-electron chi connectivity index (χ2n) is 5.74. The first kappa shape index (κ1) is 19.6. The first-order valence-electron chi connectivity index (χ1n) is 8.00. The quantitative estimate of drug-likeness (QED) is 0.811. The highest BCUT2D eigenvalue weighted by Crippen LogP contribution is 2.29. The van der Waals surface area contributed by atoms with E-state index in [2.05, 4.69) is 5.32 Å². The normalized spacial score (nSPS) is 11.1. The highest BCUT2D eigenvalue weighted by atomic mass is 19.4. The van der Waals surface area contributed by atoms with Gasteiger partial charge < -0.3 is 14.8 Å². The second-order valence-corrected chi connectivity index (χ2v) is 5.74. The van der Waals surface area contributed by atoms with Crippen LogP contribution < -0.4 is 14.8 Å². The molecular weight excluding hydrogens is 347 g/mol. The van der Waals surface area contributed by atoms with Crippen molar-refractivity contribution >= 4 is 5.91 Å². The Morgan fingerprint density at radius 1 is 1.08 bits per heavy atom. The minimum absolute atomic E-state index is 0.174. The number of carbonyl (C=O) groups is 1. The summed E-state index contributed by atoms with van der Waals surface area (Å²) >= 11 is 0. The van der Waals surface area contributed by atoms with Gasteiger partial charge in [-0.15, -0.1) is 0 Å². The molecule has 0 heterocycles. The Hall–Kier alpha value is -2.70. The summed E-state index contributed by atoms with van der Waals surface area (Å²) in [6.07, 6.45) is -3.92. The number of ether oxygens (including phenoxy) is 2. The van der Waals surface area contributed by atoms with Crippen LogP contribution in [0.3, 0.4) is 0 Å². The molecule has 4 nitrogen and oxygen atoms in total. The van der Waals surface area contributed by atoms with Gasteiger partial charge in [-0.1, -0.05) is 18.2 Å². The Bertz CT molecular complexity index is 743. The molecule has 2 aromatic carbocycles. The van der Waals surface area contributed by atoms with E-state index in [1.807, 2.05) is 13.0 Å². The van der Waals surface area contributed by atoms with Crippen molar-refractivity contribution < 1.29 is 27.4 Å². The van der Waals surface area contributed by atoms with E-state index >= 15 is 0 Å². The minimum atomic E-state index is -4.35. The molecule has 0 fully saturated rings. The fraction of sp³-hybridized carbons (Fsp3) is 0.316.